The Morgan fingerprint density at radius 2 is 1.64 bits per heavy atom. The zero-order valence-corrected chi connectivity index (χ0v) is 16.8. The molecule has 5 nitrogen and oxygen atoms in total. The minimum absolute atomic E-state index is 0.0468. The molecule has 1 aromatic rings. The number of carbonyl (C=O) groups is 2. The molecule has 2 aliphatic rings. The number of amides is 2. The SMILES string of the molecule is CC(C(=O)Nc1ccc(F)c(NC(=O)C2CCCCC2)c1)N1CCCCCC1. The van der Waals surface area contributed by atoms with Crippen LogP contribution in [0.2, 0.25) is 0 Å². The molecule has 1 saturated heterocycles. The van der Waals surface area contributed by atoms with Gasteiger partial charge in [0.1, 0.15) is 5.82 Å². The number of hydrogen-bond donors (Lipinski definition) is 2. The van der Waals surface area contributed by atoms with E-state index in [1.807, 2.05) is 6.92 Å². The molecule has 1 unspecified atom stereocenters. The Balaban J connectivity index is 1.61. The maximum Gasteiger partial charge on any atom is 0.241 e. The number of nitrogens with one attached hydrogen (secondary N) is 2. The van der Waals surface area contributed by atoms with Crippen LogP contribution in [0.1, 0.15) is 64.7 Å². The molecule has 2 amide bonds. The number of rotatable bonds is 5. The van der Waals surface area contributed by atoms with Gasteiger partial charge in [-0.05, 0) is 63.9 Å². The molecule has 2 N–H and O–H groups in total. The molecule has 0 radical (unpaired) electrons. The van der Waals surface area contributed by atoms with E-state index in [9.17, 15) is 14.0 Å². The molecular weight excluding hydrogens is 357 g/mol. The predicted molar refractivity (Wildman–Crippen MR) is 110 cm³/mol. The fourth-order valence-electron chi connectivity index (χ4n) is 4.19. The van der Waals surface area contributed by atoms with E-state index in [0.717, 1.165) is 58.0 Å². The molecule has 3 rings (SSSR count). The summed E-state index contributed by atoms with van der Waals surface area (Å²) in [5.74, 6) is -0.754. The van der Waals surface area contributed by atoms with Gasteiger partial charge in [-0.25, -0.2) is 4.39 Å². The fraction of sp³-hybridized carbons (Fsp3) is 0.636. The lowest BCUT2D eigenvalue weighted by molar-refractivity contribution is -0.121. The molecule has 154 valence electrons. The van der Waals surface area contributed by atoms with E-state index in [1.54, 1.807) is 6.07 Å². The van der Waals surface area contributed by atoms with Crippen LogP contribution in [-0.4, -0.2) is 35.8 Å². The Morgan fingerprint density at radius 3 is 2.32 bits per heavy atom. The molecule has 1 saturated carbocycles. The Morgan fingerprint density at radius 1 is 1.00 bits per heavy atom. The molecule has 0 bridgehead atoms. The number of carbonyl (C=O) groups excluding carboxylic acids is 2. The van der Waals surface area contributed by atoms with Crippen LogP contribution in [0.3, 0.4) is 0 Å². The lowest BCUT2D eigenvalue weighted by atomic mass is 9.88. The van der Waals surface area contributed by atoms with Crippen molar-refractivity contribution in [1.29, 1.82) is 0 Å². The molecule has 2 fully saturated rings. The van der Waals surface area contributed by atoms with Gasteiger partial charge in [-0.3, -0.25) is 14.5 Å². The zero-order valence-electron chi connectivity index (χ0n) is 16.8. The molecule has 1 aliphatic heterocycles. The Labute approximate surface area is 167 Å². The van der Waals surface area contributed by atoms with Crippen LogP contribution in [0, 0.1) is 11.7 Å². The first-order valence-corrected chi connectivity index (χ1v) is 10.7. The van der Waals surface area contributed by atoms with Crippen LogP contribution < -0.4 is 10.6 Å². The number of likely N-dealkylation sites (tertiary alicyclic amines) is 1. The van der Waals surface area contributed by atoms with E-state index in [2.05, 4.69) is 15.5 Å². The molecule has 28 heavy (non-hydrogen) atoms. The highest BCUT2D eigenvalue weighted by Gasteiger charge is 2.24. The van der Waals surface area contributed by atoms with Crippen molar-refractivity contribution in [2.24, 2.45) is 5.92 Å². The minimum atomic E-state index is -0.484. The average molecular weight is 390 g/mol. The van der Waals surface area contributed by atoms with Gasteiger partial charge < -0.3 is 10.6 Å². The van der Waals surface area contributed by atoms with Gasteiger partial charge in [0, 0.05) is 11.6 Å². The molecule has 1 atom stereocenters. The monoisotopic (exact) mass is 389 g/mol. The summed E-state index contributed by atoms with van der Waals surface area (Å²) in [6, 6.07) is 4.12. The van der Waals surface area contributed by atoms with E-state index in [-0.39, 0.29) is 29.5 Å². The van der Waals surface area contributed by atoms with Crippen LogP contribution in [0.4, 0.5) is 15.8 Å². The smallest absolute Gasteiger partial charge is 0.241 e. The third-order valence-corrected chi connectivity index (χ3v) is 6.04. The van der Waals surface area contributed by atoms with Gasteiger partial charge in [0.15, 0.2) is 0 Å². The summed E-state index contributed by atoms with van der Waals surface area (Å²) in [5, 5.41) is 5.60. The second-order valence-electron chi connectivity index (χ2n) is 8.13. The van der Waals surface area contributed by atoms with Gasteiger partial charge in [-0.15, -0.1) is 0 Å². The van der Waals surface area contributed by atoms with Crippen molar-refractivity contribution in [2.45, 2.75) is 70.8 Å². The maximum atomic E-state index is 14.2. The second-order valence-corrected chi connectivity index (χ2v) is 8.13. The summed E-state index contributed by atoms with van der Waals surface area (Å²) < 4.78 is 14.2. The van der Waals surface area contributed by atoms with Gasteiger partial charge in [-0.2, -0.15) is 0 Å². The van der Waals surface area contributed by atoms with Crippen molar-refractivity contribution >= 4 is 23.2 Å². The molecule has 0 aromatic heterocycles. The number of hydrogen-bond acceptors (Lipinski definition) is 3. The van der Waals surface area contributed by atoms with Crippen LogP contribution in [0.5, 0.6) is 0 Å². The van der Waals surface area contributed by atoms with Crippen LogP contribution in [0.25, 0.3) is 0 Å². The summed E-state index contributed by atoms with van der Waals surface area (Å²) in [7, 11) is 0. The molecule has 6 heteroatoms. The highest BCUT2D eigenvalue weighted by atomic mass is 19.1. The van der Waals surface area contributed by atoms with Crippen molar-refractivity contribution in [2.75, 3.05) is 23.7 Å². The molecule has 1 aliphatic carbocycles. The highest BCUT2D eigenvalue weighted by molar-refractivity contribution is 5.96. The zero-order chi connectivity index (χ0) is 19.9. The summed E-state index contributed by atoms with van der Waals surface area (Å²) in [6.45, 7) is 3.78. The largest absolute Gasteiger partial charge is 0.325 e. The lowest BCUT2D eigenvalue weighted by Gasteiger charge is -2.26. The van der Waals surface area contributed by atoms with E-state index in [4.69, 9.17) is 0 Å². The lowest BCUT2D eigenvalue weighted by Crippen LogP contribution is -2.42. The first-order chi connectivity index (χ1) is 13.5. The van der Waals surface area contributed by atoms with Gasteiger partial charge in [0.25, 0.3) is 0 Å². The number of nitrogens with zero attached hydrogens (tertiary/aromatic N) is 1. The van der Waals surface area contributed by atoms with Crippen molar-refractivity contribution in [3.8, 4) is 0 Å². The summed E-state index contributed by atoms with van der Waals surface area (Å²) >= 11 is 0. The highest BCUT2D eigenvalue weighted by Crippen LogP contribution is 2.27. The predicted octanol–water partition coefficient (Wildman–Crippen LogP) is 4.55. The first-order valence-electron chi connectivity index (χ1n) is 10.7. The molecule has 1 heterocycles. The topological polar surface area (TPSA) is 61.4 Å². The summed E-state index contributed by atoms with van der Waals surface area (Å²) in [4.78, 5) is 27.3. The van der Waals surface area contributed by atoms with Crippen molar-refractivity contribution in [3.05, 3.63) is 24.0 Å². The molecular formula is C22H32FN3O2. The molecule has 0 spiro atoms. The standard InChI is InChI=1S/C22H32FN3O2/c1-16(26-13-7-2-3-8-14-26)21(27)24-18-11-12-19(23)20(15-18)25-22(28)17-9-5-4-6-10-17/h11-12,15-17H,2-10,13-14H2,1H3,(H,24,27)(H,25,28). The van der Waals surface area contributed by atoms with Crippen LogP contribution in [0.15, 0.2) is 18.2 Å². The van der Waals surface area contributed by atoms with E-state index in [1.165, 1.54) is 25.0 Å². The quantitative estimate of drug-likeness (QED) is 0.777. The Kier molecular flexibility index (Phi) is 7.43. The van der Waals surface area contributed by atoms with Gasteiger partial charge in [0.2, 0.25) is 11.8 Å². The average Bonchev–Trinajstić information content (AvgIpc) is 3.00. The Bertz CT molecular complexity index is 680. The van der Waals surface area contributed by atoms with Crippen molar-refractivity contribution in [3.63, 3.8) is 0 Å². The summed E-state index contributed by atoms with van der Waals surface area (Å²) in [6.07, 6.45) is 9.64. The number of anilines is 2. The van der Waals surface area contributed by atoms with Crippen molar-refractivity contribution in [1.82, 2.24) is 4.90 Å². The number of benzene rings is 1. The first kappa shape index (κ1) is 20.8. The van der Waals surface area contributed by atoms with Gasteiger partial charge in [-0.1, -0.05) is 32.1 Å². The van der Waals surface area contributed by atoms with Gasteiger partial charge in [0.05, 0.1) is 11.7 Å². The van der Waals surface area contributed by atoms with E-state index < -0.39 is 5.82 Å². The van der Waals surface area contributed by atoms with Crippen molar-refractivity contribution < 1.29 is 14.0 Å². The minimum Gasteiger partial charge on any atom is -0.325 e. The molecule has 1 aromatic carbocycles. The van der Waals surface area contributed by atoms with Crippen LogP contribution >= 0.6 is 0 Å². The Hall–Kier alpha value is -1.95. The normalized spacial score (nSPS) is 20.2. The van der Waals surface area contributed by atoms with E-state index >= 15 is 0 Å². The third kappa shape index (κ3) is 5.53. The van der Waals surface area contributed by atoms with Crippen LogP contribution in [-0.2, 0) is 9.59 Å². The van der Waals surface area contributed by atoms with Gasteiger partial charge >= 0.3 is 0 Å². The van der Waals surface area contributed by atoms with E-state index in [0.29, 0.717) is 5.69 Å². The fourth-order valence-corrected chi connectivity index (χ4v) is 4.19. The maximum absolute atomic E-state index is 14.2. The number of halogens is 1. The third-order valence-electron chi connectivity index (χ3n) is 6.04. The summed E-state index contributed by atoms with van der Waals surface area (Å²) in [5.41, 5.74) is 0.641. The second kappa shape index (κ2) is 10.0.